The van der Waals surface area contributed by atoms with Gasteiger partial charge in [-0.2, -0.15) is 0 Å². The quantitative estimate of drug-likeness (QED) is 0.118. The number of nitrogens with one attached hydrogen (secondary N) is 2. The Kier molecular flexibility index (Phi) is 12.8. The van der Waals surface area contributed by atoms with Crippen molar-refractivity contribution < 1.29 is 43.0 Å². The molecule has 0 bridgehead atoms. The first-order valence-corrected chi connectivity index (χ1v) is 14.5. The smallest absolute Gasteiger partial charge is 0.323 e. The van der Waals surface area contributed by atoms with Crippen LogP contribution < -0.4 is 15.9 Å². The normalized spacial score (nSPS) is 21.1. The van der Waals surface area contributed by atoms with Crippen molar-refractivity contribution in [3.63, 3.8) is 0 Å². The van der Waals surface area contributed by atoms with Gasteiger partial charge in [0.2, 0.25) is 13.3 Å². The fourth-order valence-corrected chi connectivity index (χ4v) is 5.45. The summed E-state index contributed by atoms with van der Waals surface area (Å²) in [6.45, 7) is 7.34. The summed E-state index contributed by atoms with van der Waals surface area (Å²) in [5.74, 6) is -2.31. The molecule has 38 heavy (non-hydrogen) atoms. The fraction of sp³-hybridized carbons (Fsp3) is 0.773. The van der Waals surface area contributed by atoms with Crippen LogP contribution in [0, 0.1) is 0 Å². The van der Waals surface area contributed by atoms with Crippen molar-refractivity contribution in [2.45, 2.75) is 90.5 Å². The number of nitrogens with two attached hydrogens (primary N) is 1. The molecule has 0 saturated carbocycles. The molecule has 0 radical (unpaired) electrons. The number of primary amides is 1. The first-order valence-electron chi connectivity index (χ1n) is 12.6. The number of hydrogen-bond donors (Lipinski definition) is 4. The van der Waals surface area contributed by atoms with E-state index in [0.29, 0.717) is 12.8 Å². The highest BCUT2D eigenvalue weighted by molar-refractivity contribution is 7.59. The lowest BCUT2D eigenvalue weighted by molar-refractivity contribution is -0.148. The van der Waals surface area contributed by atoms with Gasteiger partial charge in [-0.25, -0.2) is 19.8 Å². The number of rotatable bonds is 17. The lowest BCUT2D eigenvalue weighted by Crippen LogP contribution is -2.43. The Hall–Kier alpha value is -2.42. The van der Waals surface area contributed by atoms with Crippen LogP contribution in [0.25, 0.3) is 0 Å². The van der Waals surface area contributed by atoms with Crippen LogP contribution in [-0.4, -0.2) is 81.8 Å². The van der Waals surface area contributed by atoms with E-state index >= 15 is 0 Å². The molecule has 1 aromatic rings. The first-order chi connectivity index (χ1) is 18.0. The zero-order valence-electron chi connectivity index (χ0n) is 22.2. The average molecular weight is 563 g/mol. The van der Waals surface area contributed by atoms with E-state index in [0.717, 1.165) is 17.5 Å². The number of unbranched alkanes of at least 4 members (excludes halogenated alkanes) is 2. The van der Waals surface area contributed by atoms with Crippen LogP contribution in [0.1, 0.15) is 76.6 Å². The van der Waals surface area contributed by atoms with Gasteiger partial charge in [0, 0.05) is 6.42 Å². The van der Waals surface area contributed by atoms with Crippen LogP contribution in [0.15, 0.2) is 6.33 Å². The van der Waals surface area contributed by atoms with Crippen LogP contribution in [-0.2, 0) is 33.1 Å². The number of aliphatic hydroxyl groups excluding tert-OH is 1. The summed E-state index contributed by atoms with van der Waals surface area (Å²) in [7, 11) is -3.77. The van der Waals surface area contributed by atoms with Gasteiger partial charge in [-0.05, 0) is 26.7 Å². The van der Waals surface area contributed by atoms with Crippen LogP contribution >= 0.6 is 7.44 Å². The number of carbonyl (C=O) groups excluding carboxylic acids is 3. The topological polar surface area (TPSA) is 206 Å². The van der Waals surface area contributed by atoms with Gasteiger partial charge in [0.15, 0.2) is 12.5 Å². The van der Waals surface area contributed by atoms with Gasteiger partial charge in [-0.1, -0.05) is 26.7 Å². The molecule has 1 aromatic heterocycles. The lowest BCUT2D eigenvalue weighted by Gasteiger charge is -2.27. The second-order valence-corrected chi connectivity index (χ2v) is 11.2. The molecule has 1 fully saturated rings. The van der Waals surface area contributed by atoms with Gasteiger partial charge in [-0.15, -0.1) is 5.10 Å². The lowest BCUT2D eigenvalue weighted by atomic mass is 10.3. The molecule has 216 valence electrons. The summed E-state index contributed by atoms with van der Waals surface area (Å²) >= 11 is 0. The fourth-order valence-electron chi connectivity index (χ4n) is 3.39. The average Bonchev–Trinajstić information content (AvgIpc) is 3.49. The molecule has 1 amide bonds. The molecule has 1 aliphatic heterocycles. The third-order valence-corrected chi connectivity index (χ3v) is 7.60. The molecule has 1 saturated heterocycles. The van der Waals surface area contributed by atoms with E-state index in [-0.39, 0.29) is 25.5 Å². The zero-order valence-corrected chi connectivity index (χ0v) is 23.1. The molecule has 2 heterocycles. The van der Waals surface area contributed by atoms with E-state index in [1.54, 1.807) is 0 Å². The van der Waals surface area contributed by atoms with Crippen LogP contribution in [0.3, 0.4) is 0 Å². The number of esters is 2. The minimum absolute atomic E-state index is 0.0142. The maximum Gasteiger partial charge on any atom is 0.323 e. The Morgan fingerprint density at radius 3 is 2.18 bits per heavy atom. The van der Waals surface area contributed by atoms with Gasteiger partial charge in [-0.3, -0.25) is 18.9 Å². The Balaban J connectivity index is 2.06. The Bertz CT molecular complexity index is 943. The number of aliphatic hydroxyl groups is 1. The van der Waals surface area contributed by atoms with Crippen molar-refractivity contribution in [1.29, 1.82) is 0 Å². The van der Waals surface area contributed by atoms with E-state index in [9.17, 15) is 24.1 Å². The standard InChI is InChI=1S/C22H39N6O9P/c1-5-7-9-34-21(31)14(3)26-38(33,27-15(4)22(32)35-10-8-6-2)13-36-17-11-16(29)20(37-17)28-12-24-19(25-28)18(23)30/h12,14-17,20,29H,5-11,13H2,1-4H3,(H2,23,30)(H2,26,27,33)/t14-,15-,16+,17-,20+/m0/s1. The third kappa shape index (κ3) is 9.71. The van der Waals surface area contributed by atoms with Gasteiger partial charge < -0.3 is 29.8 Å². The minimum atomic E-state index is -3.77. The second-order valence-electron chi connectivity index (χ2n) is 8.95. The molecular formula is C22H39N6O9P. The molecule has 5 atom stereocenters. The summed E-state index contributed by atoms with van der Waals surface area (Å²) < 4.78 is 36.7. The summed E-state index contributed by atoms with van der Waals surface area (Å²) in [5, 5.41) is 19.7. The Morgan fingerprint density at radius 1 is 1.16 bits per heavy atom. The van der Waals surface area contributed by atoms with Crippen molar-refractivity contribution in [2.24, 2.45) is 5.73 Å². The van der Waals surface area contributed by atoms with E-state index in [1.807, 2.05) is 13.8 Å². The maximum absolute atomic E-state index is 13.8. The number of ether oxygens (including phenoxy) is 4. The zero-order chi connectivity index (χ0) is 28.3. The molecule has 1 aliphatic rings. The van der Waals surface area contributed by atoms with Gasteiger partial charge in [0.05, 0.1) is 13.2 Å². The molecule has 5 N–H and O–H groups in total. The maximum atomic E-state index is 13.8. The third-order valence-electron chi connectivity index (χ3n) is 5.48. The van der Waals surface area contributed by atoms with Crippen molar-refractivity contribution in [1.82, 2.24) is 24.9 Å². The molecule has 0 aromatic carbocycles. The molecular weight excluding hydrogens is 523 g/mol. The highest BCUT2D eigenvalue weighted by Gasteiger charge is 2.39. The Labute approximate surface area is 221 Å². The summed E-state index contributed by atoms with van der Waals surface area (Å²) in [5.41, 5.74) is 5.16. The van der Waals surface area contributed by atoms with E-state index in [2.05, 4.69) is 20.3 Å². The summed E-state index contributed by atoms with van der Waals surface area (Å²) in [4.78, 5) is 39.7. The van der Waals surface area contributed by atoms with Crippen LogP contribution in [0.2, 0.25) is 0 Å². The number of aromatic nitrogens is 3. The van der Waals surface area contributed by atoms with E-state index in [1.165, 1.54) is 20.2 Å². The second kappa shape index (κ2) is 15.2. The number of amides is 1. The van der Waals surface area contributed by atoms with Crippen LogP contribution in [0.5, 0.6) is 0 Å². The highest BCUT2D eigenvalue weighted by atomic mass is 31.2. The van der Waals surface area contributed by atoms with Gasteiger partial charge in [0.1, 0.15) is 30.9 Å². The molecule has 15 nitrogen and oxygen atoms in total. The Morgan fingerprint density at radius 2 is 1.71 bits per heavy atom. The molecule has 0 unspecified atom stereocenters. The highest BCUT2D eigenvalue weighted by Crippen LogP contribution is 2.40. The van der Waals surface area contributed by atoms with Crippen LogP contribution in [0.4, 0.5) is 0 Å². The van der Waals surface area contributed by atoms with Crippen molar-refractivity contribution in [2.75, 3.05) is 19.6 Å². The minimum Gasteiger partial charge on any atom is -0.465 e. The predicted molar refractivity (Wildman–Crippen MR) is 134 cm³/mol. The number of nitrogens with zero attached hydrogens (tertiary/aromatic N) is 3. The number of carbonyl (C=O) groups is 3. The predicted octanol–water partition coefficient (Wildman–Crippen LogP) is 0.793. The molecule has 2 rings (SSSR count). The van der Waals surface area contributed by atoms with Gasteiger partial charge >= 0.3 is 11.9 Å². The first kappa shape index (κ1) is 31.8. The van der Waals surface area contributed by atoms with Crippen molar-refractivity contribution in [3.05, 3.63) is 12.2 Å². The van der Waals surface area contributed by atoms with E-state index in [4.69, 9.17) is 24.7 Å². The number of hydrogen-bond acceptors (Lipinski definition) is 11. The van der Waals surface area contributed by atoms with Crippen molar-refractivity contribution in [3.8, 4) is 0 Å². The largest absolute Gasteiger partial charge is 0.465 e. The SMILES string of the molecule is CCCCOC(=O)[C@H](C)NP(=O)(CO[C@@H]1C[C@@H](O)[C@H](n2cnc(C(N)=O)n2)O1)N[C@@H](C)C(=O)OCCCC. The van der Waals surface area contributed by atoms with E-state index < -0.39 is 62.3 Å². The summed E-state index contributed by atoms with van der Waals surface area (Å²) in [6, 6.07) is -1.97. The monoisotopic (exact) mass is 562 g/mol. The molecule has 0 spiro atoms. The summed E-state index contributed by atoms with van der Waals surface area (Å²) in [6.07, 6.45) is 0.596. The van der Waals surface area contributed by atoms with Crippen molar-refractivity contribution >= 4 is 25.3 Å². The molecule has 16 heteroatoms. The molecule has 0 aliphatic carbocycles. The van der Waals surface area contributed by atoms with Gasteiger partial charge in [0.25, 0.3) is 5.91 Å².